The highest BCUT2D eigenvalue weighted by molar-refractivity contribution is 7.91. The number of aromatic amines is 2. The van der Waals surface area contributed by atoms with E-state index in [2.05, 4.69) is 70.5 Å². The van der Waals surface area contributed by atoms with Gasteiger partial charge in [0.05, 0.1) is 54.2 Å². The maximum absolute atomic E-state index is 14.1. The third kappa shape index (κ3) is 11.0. The van der Waals surface area contributed by atoms with Crippen LogP contribution in [0.15, 0.2) is 85.2 Å². The molecule has 17 nitrogen and oxygen atoms in total. The van der Waals surface area contributed by atoms with Crippen molar-refractivity contribution in [2.45, 2.75) is 116 Å². The van der Waals surface area contributed by atoms with Crippen LogP contribution in [-0.4, -0.2) is 111 Å². The molecule has 0 aliphatic carbocycles. The SMILES string of the molecule is COC(=O)N[C@H](C(=O)N1CCC[C@H]1c1nc(-c2ccc(C3CS(=O)(=O)CC(c4ccc(-c5c[nH]c([C@@H]6CCCN6C(=O)[C@@H](NC(=O)O)C(C)C)n5)cc4)N3c3ccc(C(C)(C)C)cc3)cc2)c[nH]1)C(C)C. The number of imidazole rings is 2. The zero-order valence-corrected chi connectivity index (χ0v) is 42.6. The normalized spacial score (nSPS) is 21.1. The summed E-state index contributed by atoms with van der Waals surface area (Å²) in [5, 5.41) is 14.5. The van der Waals surface area contributed by atoms with Crippen LogP contribution in [0, 0.1) is 11.8 Å². The summed E-state index contributed by atoms with van der Waals surface area (Å²) in [6.45, 7) is 14.9. The number of anilines is 1. The zero-order valence-electron chi connectivity index (χ0n) is 41.8. The summed E-state index contributed by atoms with van der Waals surface area (Å²) in [5.41, 5.74) is 6.64. The molecule has 3 aromatic carbocycles. The lowest BCUT2D eigenvalue weighted by atomic mass is 9.87. The van der Waals surface area contributed by atoms with Crippen molar-refractivity contribution < 1.29 is 37.4 Å². The monoisotopic (exact) mass is 989 g/mol. The van der Waals surface area contributed by atoms with E-state index in [9.17, 15) is 32.7 Å². The molecule has 0 spiro atoms. The summed E-state index contributed by atoms with van der Waals surface area (Å²) in [6, 6.07) is 20.8. The van der Waals surface area contributed by atoms with Crippen LogP contribution < -0.4 is 15.5 Å². The van der Waals surface area contributed by atoms with Crippen LogP contribution in [0.5, 0.6) is 0 Å². The summed E-state index contributed by atoms with van der Waals surface area (Å²) < 4.78 is 32.9. The quantitative estimate of drug-likeness (QED) is 0.0752. The highest BCUT2D eigenvalue weighted by atomic mass is 32.2. The standard InChI is InChI=1S/C53H67N9O8S/c1-31(2)45(58-51(65)66)49(63)60-25-9-11-41(60)47-54-27-39(56-47)33-13-17-35(18-14-33)43-29-71(68,69)30-44(62(43)38-23-21-37(22-24-38)53(5,6)7)36-19-15-34(16-20-36)40-28-55-48(57-40)42-12-10-26-61(42)50(64)46(32(3)4)59-52(67)70-8/h13-24,27-28,31-32,41-46,58H,9-12,25-26,29-30H2,1-8H3,(H,54,56)(H,55,57)(H,59,67)(H,65,66)/t41-,42-,43?,44?,45-,46-/m0/s1. The van der Waals surface area contributed by atoms with Crippen LogP contribution in [0.2, 0.25) is 0 Å². The van der Waals surface area contributed by atoms with E-state index in [0.29, 0.717) is 42.5 Å². The lowest BCUT2D eigenvalue weighted by Crippen LogP contribution is -2.51. The first-order chi connectivity index (χ1) is 33.7. The predicted octanol–water partition coefficient (Wildman–Crippen LogP) is 8.48. The molecule has 0 radical (unpaired) electrons. The van der Waals surface area contributed by atoms with Gasteiger partial charge in [-0.15, -0.1) is 0 Å². The summed E-state index contributed by atoms with van der Waals surface area (Å²) in [5.74, 6) is 0.260. The maximum atomic E-state index is 14.1. The van der Waals surface area contributed by atoms with E-state index in [0.717, 1.165) is 52.8 Å². The number of nitrogens with zero attached hydrogens (tertiary/aromatic N) is 5. The van der Waals surface area contributed by atoms with Gasteiger partial charge in [-0.2, -0.15) is 0 Å². The number of alkyl carbamates (subject to hydrolysis) is 1. The van der Waals surface area contributed by atoms with E-state index in [4.69, 9.17) is 14.7 Å². The molecule has 2 aromatic heterocycles. The minimum atomic E-state index is -3.56. The van der Waals surface area contributed by atoms with Crippen molar-refractivity contribution in [1.82, 2.24) is 40.4 Å². The molecule has 3 fully saturated rings. The van der Waals surface area contributed by atoms with Crippen LogP contribution in [0.1, 0.15) is 127 Å². The highest BCUT2D eigenvalue weighted by Gasteiger charge is 2.42. The van der Waals surface area contributed by atoms with Crippen LogP contribution in [0.4, 0.5) is 15.3 Å². The van der Waals surface area contributed by atoms with Gasteiger partial charge in [0, 0.05) is 42.3 Å². The largest absolute Gasteiger partial charge is 0.465 e. The van der Waals surface area contributed by atoms with Gasteiger partial charge in [0.15, 0.2) is 9.84 Å². The molecule has 8 rings (SSSR count). The van der Waals surface area contributed by atoms with Gasteiger partial charge in [-0.3, -0.25) is 9.59 Å². The summed E-state index contributed by atoms with van der Waals surface area (Å²) in [6.07, 6.45) is 4.69. The minimum Gasteiger partial charge on any atom is -0.465 e. The van der Waals surface area contributed by atoms with Crippen molar-refractivity contribution in [3.8, 4) is 22.5 Å². The van der Waals surface area contributed by atoms with Gasteiger partial charge in [0.25, 0.3) is 0 Å². The van der Waals surface area contributed by atoms with Gasteiger partial charge in [-0.05, 0) is 71.8 Å². The van der Waals surface area contributed by atoms with E-state index in [1.54, 1.807) is 16.0 Å². The number of carboxylic acid groups (broad SMARTS) is 1. The van der Waals surface area contributed by atoms with Crippen LogP contribution >= 0.6 is 0 Å². The van der Waals surface area contributed by atoms with Gasteiger partial charge < -0.3 is 45.1 Å². The van der Waals surface area contributed by atoms with Crippen molar-refractivity contribution in [2.24, 2.45) is 11.8 Å². The Labute approximate surface area is 416 Å². The number of H-pyrrole nitrogens is 2. The van der Waals surface area contributed by atoms with Crippen molar-refractivity contribution in [3.05, 3.63) is 114 Å². The fraction of sp³-hybridized carbons (Fsp3) is 0.472. The van der Waals surface area contributed by atoms with E-state index in [1.807, 2.05) is 82.4 Å². The molecular formula is C53H67N9O8S. The first-order valence-corrected chi connectivity index (χ1v) is 26.4. The number of nitrogens with one attached hydrogen (secondary N) is 4. The van der Waals surface area contributed by atoms with Crippen LogP contribution in [-0.2, 0) is 29.6 Å². The average Bonchev–Trinajstić information content (AvgIpc) is 4.19. The molecular weight excluding hydrogens is 923 g/mol. The molecule has 3 aliphatic rings. The second kappa shape index (κ2) is 20.6. The number of hydrogen-bond donors (Lipinski definition) is 5. The van der Waals surface area contributed by atoms with E-state index in [-0.39, 0.29) is 52.7 Å². The molecule has 5 heterocycles. The molecule has 378 valence electrons. The summed E-state index contributed by atoms with van der Waals surface area (Å²) in [4.78, 5) is 73.2. The molecule has 5 aromatic rings. The molecule has 0 bridgehead atoms. The maximum Gasteiger partial charge on any atom is 0.407 e. The number of aromatic nitrogens is 4. The average molecular weight is 990 g/mol. The molecule has 4 amide bonds. The number of amides is 4. The van der Waals surface area contributed by atoms with Gasteiger partial charge in [0.1, 0.15) is 23.7 Å². The molecule has 6 atom stereocenters. The smallest absolute Gasteiger partial charge is 0.407 e. The van der Waals surface area contributed by atoms with Gasteiger partial charge in [-0.25, -0.2) is 28.0 Å². The molecule has 0 saturated carbocycles. The highest BCUT2D eigenvalue weighted by Crippen LogP contribution is 2.43. The number of hydrogen-bond acceptors (Lipinski definition) is 10. The molecule has 18 heteroatoms. The second-order valence-corrected chi connectivity index (χ2v) is 23.0. The van der Waals surface area contributed by atoms with Gasteiger partial charge in [-0.1, -0.05) is 109 Å². The third-order valence-corrected chi connectivity index (χ3v) is 15.9. The van der Waals surface area contributed by atoms with Crippen LogP contribution in [0.3, 0.4) is 0 Å². The summed E-state index contributed by atoms with van der Waals surface area (Å²) >= 11 is 0. The molecule has 2 unspecified atom stereocenters. The number of rotatable bonds is 13. The first-order valence-electron chi connectivity index (χ1n) is 24.6. The number of ether oxygens (including phenoxy) is 1. The lowest BCUT2D eigenvalue weighted by molar-refractivity contribution is -0.136. The van der Waals surface area contributed by atoms with Crippen molar-refractivity contribution in [1.29, 1.82) is 0 Å². The zero-order chi connectivity index (χ0) is 50.9. The number of benzene rings is 3. The Bertz CT molecular complexity index is 2820. The van der Waals surface area contributed by atoms with Crippen molar-refractivity contribution in [2.75, 3.05) is 36.6 Å². The van der Waals surface area contributed by atoms with E-state index in [1.165, 1.54) is 7.11 Å². The van der Waals surface area contributed by atoms with Crippen LogP contribution in [0.25, 0.3) is 22.5 Å². The topological polar surface area (TPSA) is 223 Å². The van der Waals surface area contributed by atoms with Gasteiger partial charge >= 0.3 is 12.2 Å². The molecule has 3 saturated heterocycles. The van der Waals surface area contributed by atoms with E-state index < -0.39 is 46.2 Å². The Hall–Kier alpha value is -6.69. The number of methoxy groups -OCH3 is 1. The van der Waals surface area contributed by atoms with Gasteiger partial charge in [0.2, 0.25) is 11.8 Å². The predicted molar refractivity (Wildman–Crippen MR) is 271 cm³/mol. The number of carbonyl (C=O) groups is 4. The van der Waals surface area contributed by atoms with E-state index >= 15 is 0 Å². The Kier molecular flexibility index (Phi) is 14.7. The fourth-order valence-corrected chi connectivity index (χ4v) is 12.1. The Morgan fingerprint density at radius 3 is 1.51 bits per heavy atom. The molecule has 3 aliphatic heterocycles. The lowest BCUT2D eigenvalue weighted by Gasteiger charge is -2.44. The summed E-state index contributed by atoms with van der Waals surface area (Å²) in [7, 11) is -2.28. The second-order valence-electron chi connectivity index (χ2n) is 20.8. The number of likely N-dealkylation sites (tertiary alicyclic amines) is 2. The first kappa shape index (κ1) is 50.7. The Morgan fingerprint density at radius 1 is 0.676 bits per heavy atom. The molecule has 71 heavy (non-hydrogen) atoms. The minimum absolute atomic E-state index is 0.0801. The number of sulfone groups is 1. The third-order valence-electron chi connectivity index (χ3n) is 14.2. The van der Waals surface area contributed by atoms with Crippen molar-refractivity contribution >= 4 is 39.5 Å². The Morgan fingerprint density at radius 2 is 1.11 bits per heavy atom. The fourth-order valence-electron chi connectivity index (χ4n) is 10.3. The molecule has 5 N–H and O–H groups in total. The van der Waals surface area contributed by atoms with Crippen molar-refractivity contribution in [3.63, 3.8) is 0 Å². The Balaban J connectivity index is 1.06. The number of carbonyl (C=O) groups excluding carboxylic acids is 3.